The lowest BCUT2D eigenvalue weighted by Crippen LogP contribution is -2.37. The van der Waals surface area contributed by atoms with Gasteiger partial charge in [0.05, 0.1) is 59.5 Å². The number of azide groups is 3. The molecule has 0 aliphatic heterocycles. The van der Waals surface area contributed by atoms with Gasteiger partial charge >= 0.3 is 0 Å². The fraction of sp³-hybridized carbons (Fsp3) is 1.00. The van der Waals surface area contributed by atoms with Gasteiger partial charge in [-0.1, -0.05) is 15.3 Å². The minimum absolute atomic E-state index is 0.0149. The summed E-state index contributed by atoms with van der Waals surface area (Å²) in [7, 11) is 0. The van der Waals surface area contributed by atoms with E-state index in [4.69, 9.17) is 40.6 Å². The van der Waals surface area contributed by atoms with Crippen molar-refractivity contribution in [3.05, 3.63) is 31.3 Å². The molecule has 0 aromatic heterocycles. The maximum atomic E-state index is 8.53. The Balaban J connectivity index is 4.05. The van der Waals surface area contributed by atoms with Gasteiger partial charge in [0.2, 0.25) is 0 Å². The first-order valence-corrected chi connectivity index (χ1v) is 8.19. The minimum Gasteiger partial charge on any atom is -0.394 e. The quantitative estimate of drug-likeness (QED) is 0.152. The Labute approximate surface area is 156 Å². The highest BCUT2D eigenvalue weighted by molar-refractivity contribution is 4.87. The molecule has 0 aliphatic carbocycles. The van der Waals surface area contributed by atoms with Crippen LogP contribution in [-0.4, -0.2) is 84.2 Å². The molecule has 1 N–H and O–H groups in total. The van der Waals surface area contributed by atoms with Gasteiger partial charge in [-0.2, -0.15) is 0 Å². The third-order valence-corrected chi connectivity index (χ3v) is 3.17. The van der Waals surface area contributed by atoms with E-state index in [-0.39, 0.29) is 46.1 Å². The zero-order chi connectivity index (χ0) is 20.1. The van der Waals surface area contributed by atoms with Crippen molar-refractivity contribution in [1.29, 1.82) is 0 Å². The van der Waals surface area contributed by atoms with Crippen LogP contribution >= 0.6 is 0 Å². The third kappa shape index (κ3) is 14.6. The highest BCUT2D eigenvalue weighted by atomic mass is 16.6. The normalized spacial score (nSPS) is 12.3. The molecule has 0 aliphatic rings. The number of aliphatic hydroxyl groups is 1. The molecule has 27 heavy (non-hydrogen) atoms. The lowest BCUT2D eigenvalue weighted by molar-refractivity contribution is -0.0159. The highest BCUT2D eigenvalue weighted by Crippen LogP contribution is 2.21. The average molecular weight is 387 g/mol. The molecule has 152 valence electrons. The third-order valence-electron chi connectivity index (χ3n) is 3.17. The second kappa shape index (κ2) is 18.5. The van der Waals surface area contributed by atoms with Crippen LogP contribution in [0.1, 0.15) is 0 Å². The topological polar surface area (TPSA) is 203 Å². The minimum atomic E-state index is -0.900. The number of hydrogen-bond acceptors (Lipinski definition) is 8. The molecule has 0 amide bonds. The average Bonchev–Trinajstić information content (AvgIpc) is 2.69. The lowest BCUT2D eigenvalue weighted by Gasteiger charge is -2.28. The molecule has 0 aromatic carbocycles. The number of aliphatic hydroxyl groups excluding tert-OH is 1. The summed E-state index contributed by atoms with van der Waals surface area (Å²) in [6, 6.07) is 0. The van der Waals surface area contributed by atoms with Crippen molar-refractivity contribution in [2.45, 2.75) is 0 Å². The molecule has 0 saturated heterocycles. The molecule has 0 unspecified atom stereocenters. The van der Waals surface area contributed by atoms with E-state index in [9.17, 15) is 0 Å². The van der Waals surface area contributed by atoms with Crippen LogP contribution in [0.5, 0.6) is 0 Å². The number of ether oxygens (including phenoxy) is 4. The Bertz CT molecular complexity index is 466. The molecule has 0 saturated carbocycles. The number of nitrogens with zero attached hydrogens (tertiary/aromatic N) is 9. The molecule has 0 radical (unpaired) electrons. The van der Waals surface area contributed by atoms with Crippen molar-refractivity contribution in [3.8, 4) is 0 Å². The van der Waals surface area contributed by atoms with E-state index in [1.165, 1.54) is 0 Å². The van der Waals surface area contributed by atoms with E-state index in [1.54, 1.807) is 0 Å². The van der Waals surface area contributed by atoms with Gasteiger partial charge in [0.1, 0.15) is 0 Å². The van der Waals surface area contributed by atoms with Crippen molar-refractivity contribution in [2.24, 2.45) is 20.8 Å². The van der Waals surface area contributed by atoms with Gasteiger partial charge in [0.25, 0.3) is 0 Å². The highest BCUT2D eigenvalue weighted by Gasteiger charge is 2.28. The predicted molar refractivity (Wildman–Crippen MR) is 94.8 cm³/mol. The van der Waals surface area contributed by atoms with E-state index in [1.807, 2.05) is 0 Å². The summed E-state index contributed by atoms with van der Waals surface area (Å²) in [6.45, 7) is 2.42. The molecule has 0 fully saturated rings. The Morgan fingerprint density at radius 3 is 1.37 bits per heavy atom. The van der Waals surface area contributed by atoms with E-state index < -0.39 is 5.41 Å². The van der Waals surface area contributed by atoms with Crippen molar-refractivity contribution >= 4 is 0 Å². The van der Waals surface area contributed by atoms with Gasteiger partial charge in [-0.25, -0.2) is 0 Å². The van der Waals surface area contributed by atoms with Crippen LogP contribution in [0.25, 0.3) is 31.3 Å². The molecule has 0 spiro atoms. The monoisotopic (exact) mass is 387 g/mol. The zero-order valence-electron chi connectivity index (χ0n) is 15.1. The fourth-order valence-electron chi connectivity index (χ4n) is 1.84. The molecule has 14 nitrogen and oxygen atoms in total. The molecule has 0 rings (SSSR count). The number of rotatable bonds is 19. The molecule has 0 aromatic rings. The summed E-state index contributed by atoms with van der Waals surface area (Å²) in [6.07, 6.45) is 0. The summed E-state index contributed by atoms with van der Waals surface area (Å²) in [4.78, 5) is 8.06. The maximum absolute atomic E-state index is 8.53. The smallest absolute Gasteiger partial charge is 0.0701 e. The van der Waals surface area contributed by atoms with Crippen molar-refractivity contribution in [2.75, 3.05) is 79.1 Å². The summed E-state index contributed by atoms with van der Waals surface area (Å²) in [5.41, 5.74) is 24.6. The van der Waals surface area contributed by atoms with Gasteiger partial charge in [0, 0.05) is 39.8 Å². The molecule has 14 heteroatoms. The Kier molecular flexibility index (Phi) is 17.0. The summed E-state index contributed by atoms with van der Waals surface area (Å²) in [5.74, 6) is 0. The maximum Gasteiger partial charge on any atom is 0.0701 e. The second-order valence-electron chi connectivity index (χ2n) is 5.28. The first kappa shape index (κ1) is 24.7. The SMILES string of the molecule is [N-]=[N+]=NCC(CN=[N+]=[N-])(CN=[N+]=[N-])COCCOCCOCCOCCO. The first-order chi connectivity index (χ1) is 13.2. The molecular formula is C13H25N9O5. The van der Waals surface area contributed by atoms with Crippen molar-refractivity contribution in [1.82, 2.24) is 0 Å². The second-order valence-corrected chi connectivity index (χ2v) is 5.28. The lowest BCUT2D eigenvalue weighted by atomic mass is 9.89. The molecule has 0 bridgehead atoms. The van der Waals surface area contributed by atoms with E-state index in [0.717, 1.165) is 0 Å². The fourth-order valence-corrected chi connectivity index (χ4v) is 1.84. The van der Waals surface area contributed by atoms with Crippen LogP contribution in [0.2, 0.25) is 0 Å². The van der Waals surface area contributed by atoms with Gasteiger partial charge in [-0.05, 0) is 16.6 Å². The number of hydrogen-bond donors (Lipinski definition) is 1. The molecular weight excluding hydrogens is 362 g/mol. The van der Waals surface area contributed by atoms with Crippen molar-refractivity contribution in [3.63, 3.8) is 0 Å². The van der Waals surface area contributed by atoms with E-state index in [2.05, 4.69) is 30.1 Å². The molecule has 0 heterocycles. The van der Waals surface area contributed by atoms with Crippen LogP contribution in [0.4, 0.5) is 0 Å². The summed E-state index contributed by atoms with van der Waals surface area (Å²) < 4.78 is 21.1. The van der Waals surface area contributed by atoms with E-state index >= 15 is 0 Å². The Hall–Kier alpha value is -2.27. The van der Waals surface area contributed by atoms with Gasteiger partial charge in [0.15, 0.2) is 0 Å². The zero-order valence-corrected chi connectivity index (χ0v) is 15.1. The Morgan fingerprint density at radius 1 is 0.630 bits per heavy atom. The Morgan fingerprint density at radius 2 is 1.00 bits per heavy atom. The van der Waals surface area contributed by atoms with Crippen LogP contribution in [0, 0.1) is 5.41 Å². The predicted octanol–water partition coefficient (Wildman–Crippen LogP) is 1.96. The van der Waals surface area contributed by atoms with Gasteiger partial charge in [-0.3, -0.25) is 0 Å². The van der Waals surface area contributed by atoms with Crippen LogP contribution in [0.15, 0.2) is 15.3 Å². The van der Waals surface area contributed by atoms with Gasteiger partial charge < -0.3 is 24.1 Å². The standard InChI is InChI=1S/C13H25N9O5/c14-20-17-9-13(10-18-21-15,11-19-22-16)12-27-8-7-26-6-5-25-4-3-24-2-1-23/h23H,1-12H2. The van der Waals surface area contributed by atoms with Crippen molar-refractivity contribution < 1.29 is 24.1 Å². The van der Waals surface area contributed by atoms with Crippen LogP contribution < -0.4 is 0 Å². The van der Waals surface area contributed by atoms with Crippen LogP contribution in [0.3, 0.4) is 0 Å². The van der Waals surface area contributed by atoms with Crippen LogP contribution in [-0.2, 0) is 18.9 Å². The summed E-state index contributed by atoms with van der Waals surface area (Å²) >= 11 is 0. The van der Waals surface area contributed by atoms with E-state index in [0.29, 0.717) is 33.0 Å². The van der Waals surface area contributed by atoms with Gasteiger partial charge in [-0.15, -0.1) is 0 Å². The molecule has 0 atom stereocenters. The summed E-state index contributed by atoms with van der Waals surface area (Å²) in [5, 5.41) is 19.0. The largest absolute Gasteiger partial charge is 0.394 e. The first-order valence-electron chi connectivity index (χ1n) is 8.19.